The molecule has 3 rings (SSSR count). The predicted molar refractivity (Wildman–Crippen MR) is 81.9 cm³/mol. The van der Waals surface area contributed by atoms with Gasteiger partial charge in [0, 0.05) is 10.8 Å². The molecule has 0 aliphatic rings. The maximum atomic E-state index is 6.03. The first kappa shape index (κ1) is 12.3. The first-order valence-corrected chi connectivity index (χ1v) is 7.02. The van der Waals surface area contributed by atoms with Gasteiger partial charge in [-0.15, -0.1) is 0 Å². The Morgan fingerprint density at radius 3 is 1.47 bits per heavy atom. The number of hydrogen-bond acceptors (Lipinski definition) is 1. The summed E-state index contributed by atoms with van der Waals surface area (Å²) in [5.41, 5.74) is 4.66. The standard InChI is InChI=1S/C18H20O/c1-11(2)13-5-7-15-16-8-6-14(12(3)4)10-18(16)19-17(15)9-13/h5-12H,1-4H3. The molecule has 0 radical (unpaired) electrons. The summed E-state index contributed by atoms with van der Waals surface area (Å²) in [6.07, 6.45) is 0. The van der Waals surface area contributed by atoms with Gasteiger partial charge in [-0.3, -0.25) is 0 Å². The van der Waals surface area contributed by atoms with E-state index in [1.807, 2.05) is 0 Å². The molecule has 3 aromatic rings. The van der Waals surface area contributed by atoms with Crippen LogP contribution in [0.3, 0.4) is 0 Å². The molecule has 0 aliphatic carbocycles. The van der Waals surface area contributed by atoms with E-state index < -0.39 is 0 Å². The van der Waals surface area contributed by atoms with Gasteiger partial charge in [-0.25, -0.2) is 0 Å². The fourth-order valence-corrected chi connectivity index (χ4v) is 2.53. The summed E-state index contributed by atoms with van der Waals surface area (Å²) in [6.45, 7) is 8.84. The van der Waals surface area contributed by atoms with Crippen molar-refractivity contribution in [3.8, 4) is 0 Å². The largest absolute Gasteiger partial charge is 0.456 e. The monoisotopic (exact) mass is 252 g/mol. The van der Waals surface area contributed by atoms with Crippen LogP contribution >= 0.6 is 0 Å². The molecule has 1 heteroatoms. The Bertz CT molecular complexity index is 670. The highest BCUT2D eigenvalue weighted by Crippen LogP contribution is 2.32. The van der Waals surface area contributed by atoms with Crippen molar-refractivity contribution in [2.75, 3.05) is 0 Å². The van der Waals surface area contributed by atoms with E-state index in [2.05, 4.69) is 64.1 Å². The summed E-state index contributed by atoms with van der Waals surface area (Å²) < 4.78 is 6.03. The molecule has 0 fully saturated rings. The number of benzene rings is 2. The van der Waals surface area contributed by atoms with Crippen LogP contribution in [0.2, 0.25) is 0 Å². The van der Waals surface area contributed by atoms with Gasteiger partial charge in [0.05, 0.1) is 0 Å². The number of hydrogen-bond donors (Lipinski definition) is 0. The minimum Gasteiger partial charge on any atom is -0.456 e. The van der Waals surface area contributed by atoms with E-state index >= 15 is 0 Å². The molecule has 1 nitrogen and oxygen atoms in total. The van der Waals surface area contributed by atoms with Crippen LogP contribution in [0, 0.1) is 0 Å². The van der Waals surface area contributed by atoms with Gasteiger partial charge in [-0.05, 0) is 35.1 Å². The lowest BCUT2D eigenvalue weighted by molar-refractivity contribution is 0.665. The molecule has 0 unspecified atom stereocenters. The molecule has 0 spiro atoms. The van der Waals surface area contributed by atoms with Crippen molar-refractivity contribution in [2.24, 2.45) is 0 Å². The van der Waals surface area contributed by atoms with Crippen LogP contribution in [0.15, 0.2) is 40.8 Å². The van der Waals surface area contributed by atoms with Crippen molar-refractivity contribution in [1.82, 2.24) is 0 Å². The van der Waals surface area contributed by atoms with E-state index in [1.54, 1.807) is 0 Å². The molecular weight excluding hydrogens is 232 g/mol. The quantitative estimate of drug-likeness (QED) is 0.559. The van der Waals surface area contributed by atoms with E-state index in [0.29, 0.717) is 11.8 Å². The first-order valence-electron chi connectivity index (χ1n) is 7.02. The van der Waals surface area contributed by atoms with E-state index in [4.69, 9.17) is 4.42 Å². The van der Waals surface area contributed by atoms with Crippen molar-refractivity contribution in [2.45, 2.75) is 39.5 Å². The van der Waals surface area contributed by atoms with Crippen LogP contribution in [-0.4, -0.2) is 0 Å². The fourth-order valence-electron chi connectivity index (χ4n) is 2.53. The minimum absolute atomic E-state index is 0.531. The molecule has 0 atom stereocenters. The zero-order valence-corrected chi connectivity index (χ0v) is 12.0. The lowest BCUT2D eigenvalue weighted by atomic mass is 10.00. The second-order valence-corrected chi connectivity index (χ2v) is 5.92. The third-order valence-electron chi connectivity index (χ3n) is 3.85. The molecule has 2 aromatic carbocycles. The highest BCUT2D eigenvalue weighted by Gasteiger charge is 2.10. The Morgan fingerprint density at radius 2 is 1.11 bits per heavy atom. The minimum atomic E-state index is 0.531. The van der Waals surface area contributed by atoms with E-state index in [1.165, 1.54) is 21.9 Å². The molecule has 98 valence electrons. The Balaban J connectivity index is 2.25. The maximum Gasteiger partial charge on any atom is 0.135 e. The fraction of sp³-hybridized carbons (Fsp3) is 0.333. The molecule has 1 heterocycles. The lowest BCUT2D eigenvalue weighted by Crippen LogP contribution is -1.85. The van der Waals surface area contributed by atoms with Crippen LogP contribution in [0.4, 0.5) is 0 Å². The van der Waals surface area contributed by atoms with Crippen molar-refractivity contribution in [3.05, 3.63) is 47.5 Å². The molecule has 19 heavy (non-hydrogen) atoms. The lowest BCUT2D eigenvalue weighted by Gasteiger charge is -2.04. The highest BCUT2D eigenvalue weighted by molar-refractivity contribution is 6.05. The Morgan fingerprint density at radius 1 is 0.684 bits per heavy atom. The molecule has 1 aromatic heterocycles. The topological polar surface area (TPSA) is 13.1 Å². The van der Waals surface area contributed by atoms with Crippen molar-refractivity contribution in [1.29, 1.82) is 0 Å². The molecule has 0 saturated carbocycles. The molecule has 0 N–H and O–H groups in total. The van der Waals surface area contributed by atoms with Crippen LogP contribution in [0.5, 0.6) is 0 Å². The Hall–Kier alpha value is -1.76. The van der Waals surface area contributed by atoms with E-state index in [-0.39, 0.29) is 0 Å². The van der Waals surface area contributed by atoms with E-state index in [0.717, 1.165) is 11.2 Å². The second-order valence-electron chi connectivity index (χ2n) is 5.92. The molecule has 0 bridgehead atoms. The zero-order chi connectivity index (χ0) is 13.6. The average Bonchev–Trinajstić information content (AvgIpc) is 2.74. The van der Waals surface area contributed by atoms with Gasteiger partial charge in [0.25, 0.3) is 0 Å². The molecule has 0 aliphatic heterocycles. The molecule has 0 saturated heterocycles. The van der Waals surface area contributed by atoms with Gasteiger partial charge in [0.1, 0.15) is 11.2 Å². The van der Waals surface area contributed by atoms with Gasteiger partial charge in [-0.1, -0.05) is 52.0 Å². The van der Waals surface area contributed by atoms with Crippen molar-refractivity contribution < 1.29 is 4.42 Å². The SMILES string of the molecule is CC(C)c1ccc2c(c1)oc1cc(C(C)C)ccc12. The van der Waals surface area contributed by atoms with Gasteiger partial charge in [0.2, 0.25) is 0 Å². The highest BCUT2D eigenvalue weighted by atomic mass is 16.3. The van der Waals surface area contributed by atoms with Gasteiger partial charge >= 0.3 is 0 Å². The maximum absolute atomic E-state index is 6.03. The van der Waals surface area contributed by atoms with Crippen LogP contribution in [-0.2, 0) is 0 Å². The third-order valence-corrected chi connectivity index (χ3v) is 3.85. The predicted octanol–water partition coefficient (Wildman–Crippen LogP) is 5.83. The third kappa shape index (κ3) is 2.03. The number of rotatable bonds is 2. The van der Waals surface area contributed by atoms with Crippen LogP contribution < -0.4 is 0 Å². The smallest absolute Gasteiger partial charge is 0.135 e. The zero-order valence-electron chi connectivity index (χ0n) is 12.0. The first-order chi connectivity index (χ1) is 9.06. The van der Waals surface area contributed by atoms with Crippen LogP contribution in [0.1, 0.15) is 50.7 Å². The Labute approximate surface area is 114 Å². The summed E-state index contributed by atoms with van der Waals surface area (Å²) >= 11 is 0. The summed E-state index contributed by atoms with van der Waals surface area (Å²) in [5.74, 6) is 1.06. The van der Waals surface area contributed by atoms with Crippen LogP contribution in [0.25, 0.3) is 21.9 Å². The molecule has 0 amide bonds. The van der Waals surface area contributed by atoms with Crippen molar-refractivity contribution in [3.63, 3.8) is 0 Å². The number of furan rings is 1. The Kier molecular flexibility index (Phi) is 2.85. The summed E-state index contributed by atoms with van der Waals surface area (Å²) in [7, 11) is 0. The summed E-state index contributed by atoms with van der Waals surface area (Å²) in [5, 5.41) is 2.43. The van der Waals surface area contributed by atoms with Gasteiger partial charge < -0.3 is 4.42 Å². The average molecular weight is 252 g/mol. The molecular formula is C18H20O. The number of fused-ring (bicyclic) bond motifs is 3. The summed E-state index contributed by atoms with van der Waals surface area (Å²) in [4.78, 5) is 0. The normalized spacial score (nSPS) is 12.1. The van der Waals surface area contributed by atoms with Gasteiger partial charge in [0.15, 0.2) is 0 Å². The van der Waals surface area contributed by atoms with Crippen molar-refractivity contribution >= 4 is 21.9 Å². The van der Waals surface area contributed by atoms with Gasteiger partial charge in [-0.2, -0.15) is 0 Å². The second kappa shape index (κ2) is 4.41. The van der Waals surface area contributed by atoms with E-state index in [9.17, 15) is 0 Å². The summed E-state index contributed by atoms with van der Waals surface area (Å²) in [6, 6.07) is 13.1.